The molecule has 10 nitrogen and oxygen atoms in total. The fourth-order valence-corrected chi connectivity index (χ4v) is 3.28. The van der Waals surface area contributed by atoms with Gasteiger partial charge >= 0.3 is 5.97 Å². The number of carbonyl (C=O) groups excluding carboxylic acids is 1. The number of nitrogens with one attached hydrogen (secondary N) is 1. The second kappa shape index (κ2) is 10.4. The van der Waals surface area contributed by atoms with E-state index in [1.807, 2.05) is 0 Å². The average molecular weight is 369 g/mol. The molecule has 0 spiro atoms. The van der Waals surface area contributed by atoms with Crippen molar-refractivity contribution in [3.63, 3.8) is 0 Å². The molecule has 148 valence electrons. The Kier molecular flexibility index (Phi) is 8.20. The van der Waals surface area contributed by atoms with Crippen molar-refractivity contribution in [2.75, 3.05) is 39.3 Å². The lowest BCUT2D eigenvalue weighted by Crippen LogP contribution is -2.53. The number of nitrogens with zero attached hydrogens (tertiary/aromatic N) is 4. The maximum atomic E-state index is 12.9. The number of hydrogen-bond acceptors (Lipinski definition) is 8. The number of hydrogen-bond donors (Lipinski definition) is 4. The number of aliphatic carboxylic acids is 1. The van der Waals surface area contributed by atoms with Crippen molar-refractivity contribution in [2.45, 2.75) is 50.2 Å². The van der Waals surface area contributed by atoms with Gasteiger partial charge in [0.25, 0.3) is 0 Å². The van der Waals surface area contributed by atoms with Crippen LogP contribution in [0.1, 0.15) is 32.1 Å². The number of piperazine rings is 1. The summed E-state index contributed by atoms with van der Waals surface area (Å²) in [5.74, 6) is -1.00. The van der Waals surface area contributed by atoms with Gasteiger partial charge in [-0.2, -0.15) is 5.11 Å². The summed E-state index contributed by atoms with van der Waals surface area (Å²) in [7, 11) is 0. The Morgan fingerprint density at radius 2 is 1.96 bits per heavy atom. The number of unbranched alkanes of at least 4 members (excludes halogenated alkanes) is 1. The third-order valence-corrected chi connectivity index (χ3v) is 4.88. The predicted octanol–water partition coefficient (Wildman–Crippen LogP) is -0.841. The topological polar surface area (TPSA) is 150 Å². The number of carbonyl (C=O) groups is 2. The summed E-state index contributed by atoms with van der Waals surface area (Å²) in [4.78, 5) is 25.7. The largest absolute Gasteiger partial charge is 0.481 e. The third kappa shape index (κ3) is 5.89. The molecule has 1 saturated heterocycles. The van der Waals surface area contributed by atoms with Crippen LogP contribution in [-0.2, 0) is 9.59 Å². The SMILES string of the molecule is NCCCC[C@H](N)C1CN([C@@H](CCC(=O)O)C(=O)N2CCNCC2)N=N1. The molecule has 0 aromatic heterocycles. The first-order valence-electron chi connectivity index (χ1n) is 9.37. The average Bonchev–Trinajstić information content (AvgIpc) is 3.12. The van der Waals surface area contributed by atoms with Gasteiger partial charge in [-0.25, -0.2) is 0 Å². The molecule has 2 aliphatic heterocycles. The second-order valence-corrected chi connectivity index (χ2v) is 6.87. The third-order valence-electron chi connectivity index (χ3n) is 4.88. The van der Waals surface area contributed by atoms with Crippen molar-refractivity contribution < 1.29 is 14.7 Å². The second-order valence-electron chi connectivity index (χ2n) is 6.87. The highest BCUT2D eigenvalue weighted by Gasteiger charge is 2.35. The standard InChI is InChI=1S/C16H31N7O3/c17-6-2-1-3-12(18)13-11-23(21-20-13)14(4-5-15(24)25)16(26)22-9-7-19-8-10-22/h12-14,19H,1-11,17-18H2,(H,24,25)/t12-,13?,14-/m0/s1. The number of amides is 1. The molecule has 26 heavy (non-hydrogen) atoms. The lowest BCUT2D eigenvalue weighted by atomic mass is 10.0. The van der Waals surface area contributed by atoms with Crippen LogP contribution in [0.25, 0.3) is 0 Å². The summed E-state index contributed by atoms with van der Waals surface area (Å²) in [6, 6.07) is -0.908. The summed E-state index contributed by atoms with van der Waals surface area (Å²) in [6.45, 7) is 3.82. The molecule has 0 bridgehead atoms. The summed E-state index contributed by atoms with van der Waals surface area (Å²) in [6.07, 6.45) is 2.80. The van der Waals surface area contributed by atoms with E-state index in [1.165, 1.54) is 0 Å². The number of nitrogens with two attached hydrogens (primary N) is 2. The van der Waals surface area contributed by atoms with Crippen LogP contribution in [0.3, 0.4) is 0 Å². The van der Waals surface area contributed by atoms with E-state index in [0.717, 1.165) is 32.4 Å². The molecular weight excluding hydrogens is 338 g/mol. The molecule has 0 aromatic rings. The van der Waals surface area contributed by atoms with Crippen molar-refractivity contribution >= 4 is 11.9 Å². The summed E-state index contributed by atoms with van der Waals surface area (Å²) in [5, 5.41) is 22.2. The molecule has 2 rings (SSSR count). The van der Waals surface area contributed by atoms with E-state index < -0.39 is 12.0 Å². The van der Waals surface area contributed by atoms with Crippen LogP contribution in [0.5, 0.6) is 0 Å². The van der Waals surface area contributed by atoms with E-state index in [2.05, 4.69) is 15.7 Å². The van der Waals surface area contributed by atoms with E-state index in [4.69, 9.17) is 16.6 Å². The Bertz CT molecular complexity index is 496. The van der Waals surface area contributed by atoms with Gasteiger partial charge in [0.1, 0.15) is 12.1 Å². The van der Waals surface area contributed by atoms with Gasteiger partial charge in [0.05, 0.1) is 6.54 Å². The Labute approximate surface area is 153 Å². The monoisotopic (exact) mass is 369 g/mol. The Morgan fingerprint density at radius 3 is 2.62 bits per heavy atom. The minimum atomic E-state index is -0.922. The molecular formula is C16H31N7O3. The number of carboxylic acids is 1. The van der Waals surface area contributed by atoms with Gasteiger partial charge in [-0.1, -0.05) is 11.6 Å². The molecule has 3 atom stereocenters. The Balaban J connectivity index is 1.95. The Morgan fingerprint density at radius 1 is 1.23 bits per heavy atom. The van der Waals surface area contributed by atoms with E-state index >= 15 is 0 Å². The normalized spacial score (nSPS) is 22.5. The zero-order valence-corrected chi connectivity index (χ0v) is 15.2. The summed E-state index contributed by atoms with van der Waals surface area (Å²) < 4.78 is 0. The highest BCUT2D eigenvalue weighted by molar-refractivity contribution is 5.82. The predicted molar refractivity (Wildman–Crippen MR) is 96.3 cm³/mol. The van der Waals surface area contributed by atoms with Crippen LogP contribution in [-0.4, -0.2) is 84.3 Å². The van der Waals surface area contributed by atoms with Crippen LogP contribution in [0.4, 0.5) is 0 Å². The molecule has 0 aliphatic carbocycles. The van der Waals surface area contributed by atoms with Gasteiger partial charge in [0, 0.05) is 38.6 Å². The molecule has 1 fully saturated rings. The summed E-state index contributed by atoms with van der Waals surface area (Å²) in [5.41, 5.74) is 11.7. The van der Waals surface area contributed by atoms with Gasteiger partial charge in [-0.05, 0) is 25.8 Å². The lowest BCUT2D eigenvalue weighted by molar-refractivity contribution is -0.140. The van der Waals surface area contributed by atoms with Gasteiger partial charge in [-0.3, -0.25) is 14.6 Å². The molecule has 2 heterocycles. The van der Waals surface area contributed by atoms with Crippen LogP contribution in [0, 0.1) is 0 Å². The van der Waals surface area contributed by atoms with E-state index in [-0.39, 0.29) is 30.8 Å². The molecule has 1 unspecified atom stereocenters. The zero-order valence-electron chi connectivity index (χ0n) is 15.2. The molecule has 6 N–H and O–H groups in total. The van der Waals surface area contributed by atoms with E-state index in [0.29, 0.717) is 26.2 Å². The first-order valence-corrected chi connectivity index (χ1v) is 9.37. The van der Waals surface area contributed by atoms with Crippen molar-refractivity contribution in [1.82, 2.24) is 15.2 Å². The van der Waals surface area contributed by atoms with Crippen LogP contribution < -0.4 is 16.8 Å². The summed E-state index contributed by atoms with van der Waals surface area (Å²) >= 11 is 0. The van der Waals surface area contributed by atoms with Gasteiger partial charge < -0.3 is 26.8 Å². The van der Waals surface area contributed by atoms with Crippen LogP contribution in [0.15, 0.2) is 10.3 Å². The molecule has 0 radical (unpaired) electrons. The molecule has 10 heteroatoms. The Hall–Kier alpha value is -1.78. The van der Waals surface area contributed by atoms with Gasteiger partial charge in [0.2, 0.25) is 5.91 Å². The van der Waals surface area contributed by atoms with Crippen molar-refractivity contribution in [1.29, 1.82) is 0 Å². The minimum Gasteiger partial charge on any atom is -0.481 e. The van der Waals surface area contributed by atoms with Crippen LogP contribution in [0.2, 0.25) is 0 Å². The minimum absolute atomic E-state index is 0.0796. The maximum Gasteiger partial charge on any atom is 0.303 e. The van der Waals surface area contributed by atoms with E-state index in [9.17, 15) is 9.59 Å². The maximum absolute atomic E-state index is 12.9. The first-order chi connectivity index (χ1) is 12.5. The lowest BCUT2D eigenvalue weighted by Gasteiger charge is -2.33. The zero-order chi connectivity index (χ0) is 18.9. The smallest absolute Gasteiger partial charge is 0.303 e. The van der Waals surface area contributed by atoms with Gasteiger partial charge in [-0.15, -0.1) is 0 Å². The fourth-order valence-electron chi connectivity index (χ4n) is 3.28. The van der Waals surface area contributed by atoms with E-state index in [1.54, 1.807) is 9.91 Å². The molecule has 1 amide bonds. The highest BCUT2D eigenvalue weighted by atomic mass is 16.4. The van der Waals surface area contributed by atoms with Gasteiger partial charge in [0.15, 0.2) is 0 Å². The first kappa shape index (κ1) is 20.5. The van der Waals surface area contributed by atoms with Crippen molar-refractivity contribution in [3.05, 3.63) is 0 Å². The van der Waals surface area contributed by atoms with Crippen LogP contribution >= 0.6 is 0 Å². The number of rotatable bonds is 10. The number of carboxylic acid groups (broad SMARTS) is 1. The molecule has 0 saturated carbocycles. The highest BCUT2D eigenvalue weighted by Crippen LogP contribution is 2.21. The molecule has 2 aliphatic rings. The molecule has 0 aromatic carbocycles. The van der Waals surface area contributed by atoms with Crippen molar-refractivity contribution in [2.24, 2.45) is 21.8 Å². The quantitative estimate of drug-likeness (QED) is 0.367. The van der Waals surface area contributed by atoms with Crippen molar-refractivity contribution in [3.8, 4) is 0 Å². The fraction of sp³-hybridized carbons (Fsp3) is 0.875.